The van der Waals surface area contributed by atoms with Gasteiger partial charge in [0.25, 0.3) is 5.65 Å². The van der Waals surface area contributed by atoms with Gasteiger partial charge >= 0.3 is 0 Å². The zero-order valence-electron chi connectivity index (χ0n) is 8.22. The van der Waals surface area contributed by atoms with Crippen molar-refractivity contribution in [2.75, 3.05) is 0 Å². The number of para-hydroxylation sites is 1. The maximum Gasteiger partial charge on any atom is 0.276 e. The average molecular weight is 376 g/mol. The summed E-state index contributed by atoms with van der Waals surface area (Å²) in [5.74, 6) is 0. The summed E-state index contributed by atoms with van der Waals surface area (Å²) in [6.07, 6.45) is 5.95. The normalized spacial score (nSPS) is 10.5. The molecule has 0 aliphatic heterocycles. The van der Waals surface area contributed by atoms with E-state index in [4.69, 9.17) is 0 Å². The van der Waals surface area contributed by atoms with E-state index in [-0.39, 0.29) is 20.1 Å². The van der Waals surface area contributed by atoms with Crippen molar-refractivity contribution in [2.45, 2.75) is 0 Å². The average Bonchev–Trinajstić information content (AvgIpc) is 2.59. The van der Waals surface area contributed by atoms with Gasteiger partial charge in [-0.05, 0) is 6.07 Å². The van der Waals surface area contributed by atoms with Crippen LogP contribution in [0.25, 0.3) is 16.6 Å². The van der Waals surface area contributed by atoms with Crippen molar-refractivity contribution in [2.24, 2.45) is 7.05 Å². The molecule has 2 heterocycles. The van der Waals surface area contributed by atoms with Crippen LogP contribution in [0.2, 0.25) is 0 Å². The minimum atomic E-state index is 0. The summed E-state index contributed by atoms with van der Waals surface area (Å²) in [4.78, 5) is 4.37. The molecule has 0 spiro atoms. The molecule has 3 aromatic rings. The summed E-state index contributed by atoms with van der Waals surface area (Å²) in [5, 5.41) is 1.16. The predicted molar refractivity (Wildman–Crippen MR) is 56.1 cm³/mol. The fraction of sp³-hybridized carbons (Fsp3) is 0.0909. The molecule has 0 bridgehead atoms. The summed E-state index contributed by atoms with van der Waals surface area (Å²) < 4.78 is 4.10. The number of rotatable bonds is 0. The molecule has 0 aliphatic carbocycles. The van der Waals surface area contributed by atoms with Gasteiger partial charge in [-0.15, -0.1) is 0 Å². The number of nitrogens with zero attached hydrogens (tertiary/aromatic N) is 3. The van der Waals surface area contributed by atoms with Crippen LogP contribution in [0, 0.1) is 0 Å². The third-order valence-corrected chi connectivity index (χ3v) is 2.40. The standard InChI is InChI=1S/C11H10N3.Ir/c1-13-7-11-12-6-9-4-2-3-5-10(9)14(11)8-13;/h2-8H,1H3;/q+1;. The molecule has 0 amide bonds. The van der Waals surface area contributed by atoms with Crippen LogP contribution >= 0.6 is 0 Å². The maximum atomic E-state index is 4.37. The molecular formula is C11H10IrN3+. The number of aromatic nitrogens is 3. The van der Waals surface area contributed by atoms with Crippen LogP contribution in [-0.2, 0) is 27.2 Å². The van der Waals surface area contributed by atoms with Gasteiger partial charge in [0.2, 0.25) is 0 Å². The van der Waals surface area contributed by atoms with Crippen molar-refractivity contribution in [1.82, 2.24) is 14.0 Å². The molecule has 77 valence electrons. The second-order valence-corrected chi connectivity index (χ2v) is 3.46. The molecule has 0 N–H and O–H groups in total. The minimum Gasteiger partial charge on any atom is -0.252 e. The van der Waals surface area contributed by atoms with Crippen LogP contribution in [-0.4, -0.2) is 14.0 Å². The molecule has 1 aromatic carbocycles. The van der Waals surface area contributed by atoms with Crippen molar-refractivity contribution in [3.8, 4) is 0 Å². The van der Waals surface area contributed by atoms with Gasteiger partial charge < -0.3 is 0 Å². The third kappa shape index (κ3) is 1.56. The fourth-order valence-corrected chi connectivity index (χ4v) is 1.75. The SMILES string of the molecule is Cn1cc2ncc3ccccc3n2[cH+]1.[Ir]. The van der Waals surface area contributed by atoms with E-state index in [9.17, 15) is 0 Å². The quantitative estimate of drug-likeness (QED) is 0.551. The molecular weight excluding hydrogens is 366 g/mol. The zero-order valence-corrected chi connectivity index (χ0v) is 10.6. The molecule has 0 saturated carbocycles. The first-order chi connectivity index (χ1) is 6.84. The van der Waals surface area contributed by atoms with Crippen molar-refractivity contribution < 1.29 is 20.1 Å². The monoisotopic (exact) mass is 377 g/mol. The zero-order chi connectivity index (χ0) is 9.54. The Hall–Kier alpha value is -1.25. The molecule has 0 aliphatic rings. The third-order valence-electron chi connectivity index (χ3n) is 2.40. The van der Waals surface area contributed by atoms with Crippen molar-refractivity contribution >= 4 is 16.6 Å². The molecule has 3 nitrogen and oxygen atoms in total. The summed E-state index contributed by atoms with van der Waals surface area (Å²) >= 11 is 0. The van der Waals surface area contributed by atoms with Gasteiger partial charge in [0, 0.05) is 33.2 Å². The number of imidazole rings is 1. The van der Waals surface area contributed by atoms with E-state index in [1.54, 1.807) is 0 Å². The van der Waals surface area contributed by atoms with Gasteiger partial charge in [-0.25, -0.2) is 0 Å². The van der Waals surface area contributed by atoms with E-state index in [2.05, 4.69) is 21.5 Å². The summed E-state index contributed by atoms with van der Waals surface area (Å²) in [6, 6.07) is 8.24. The first kappa shape index (κ1) is 10.3. The fourth-order valence-electron chi connectivity index (χ4n) is 1.75. The van der Waals surface area contributed by atoms with E-state index in [1.807, 2.05) is 42.5 Å². The van der Waals surface area contributed by atoms with E-state index < -0.39 is 0 Å². The van der Waals surface area contributed by atoms with E-state index >= 15 is 0 Å². The Balaban J connectivity index is 0.000000853. The van der Waals surface area contributed by atoms with Crippen LogP contribution in [0.5, 0.6) is 0 Å². The Labute approximate surface area is 101 Å². The van der Waals surface area contributed by atoms with Gasteiger partial charge in [0.15, 0.2) is 12.5 Å². The van der Waals surface area contributed by atoms with Crippen LogP contribution in [0.3, 0.4) is 0 Å². The first-order valence-electron chi connectivity index (χ1n) is 4.56. The molecule has 0 fully saturated rings. The van der Waals surface area contributed by atoms with Gasteiger partial charge in [-0.2, -0.15) is 9.38 Å². The van der Waals surface area contributed by atoms with Gasteiger partial charge in [0.1, 0.15) is 5.52 Å². The van der Waals surface area contributed by atoms with E-state index in [0.717, 1.165) is 11.0 Å². The molecule has 0 saturated heterocycles. The largest absolute Gasteiger partial charge is 0.276 e. The van der Waals surface area contributed by atoms with Crippen LogP contribution < -0.4 is 0 Å². The minimum absolute atomic E-state index is 0. The van der Waals surface area contributed by atoms with Gasteiger partial charge in [0.05, 0.1) is 11.6 Å². The van der Waals surface area contributed by atoms with Crippen LogP contribution in [0.15, 0.2) is 43.0 Å². The molecule has 0 unspecified atom stereocenters. The Bertz CT molecular complexity index is 615. The van der Waals surface area contributed by atoms with Crippen LogP contribution in [0.1, 0.15) is 0 Å². The first-order valence-corrected chi connectivity index (χ1v) is 4.56. The maximum absolute atomic E-state index is 4.37. The molecule has 15 heavy (non-hydrogen) atoms. The number of hydrogen-bond donors (Lipinski definition) is 0. The summed E-state index contributed by atoms with van der Waals surface area (Å²) in [5.41, 5.74) is 2.17. The van der Waals surface area contributed by atoms with E-state index in [0.29, 0.717) is 0 Å². The topological polar surface area (TPSA) is 22.2 Å². The van der Waals surface area contributed by atoms with Crippen molar-refractivity contribution in [3.63, 3.8) is 0 Å². The number of aryl methyl sites for hydroxylation is 1. The van der Waals surface area contributed by atoms with Crippen LogP contribution in [0.4, 0.5) is 0 Å². The number of hydrogen-bond acceptors (Lipinski definition) is 1. The van der Waals surface area contributed by atoms with Gasteiger partial charge in [-0.1, -0.05) is 12.1 Å². The Morgan fingerprint density at radius 3 is 2.93 bits per heavy atom. The molecule has 1 radical (unpaired) electrons. The number of benzene rings is 1. The molecule has 2 aromatic heterocycles. The number of fused-ring (bicyclic) bond motifs is 3. The second kappa shape index (κ2) is 3.72. The Morgan fingerprint density at radius 1 is 1.27 bits per heavy atom. The van der Waals surface area contributed by atoms with Crippen molar-refractivity contribution in [1.29, 1.82) is 0 Å². The smallest absolute Gasteiger partial charge is 0.252 e. The second-order valence-electron chi connectivity index (χ2n) is 3.46. The summed E-state index contributed by atoms with van der Waals surface area (Å²) in [6.45, 7) is 0. The Kier molecular flexibility index (Phi) is 2.55. The van der Waals surface area contributed by atoms with Crippen molar-refractivity contribution in [3.05, 3.63) is 43.0 Å². The molecule has 3 rings (SSSR count). The van der Waals surface area contributed by atoms with E-state index in [1.165, 1.54) is 5.52 Å². The molecule has 4 heteroatoms. The molecule has 0 atom stereocenters. The predicted octanol–water partition coefficient (Wildman–Crippen LogP) is 2.10. The Morgan fingerprint density at radius 2 is 2.07 bits per heavy atom. The summed E-state index contributed by atoms with van der Waals surface area (Å²) in [7, 11) is 2.00. The van der Waals surface area contributed by atoms with Gasteiger partial charge in [-0.3, -0.25) is 4.57 Å².